The first kappa shape index (κ1) is 9.73. The fourth-order valence-corrected chi connectivity index (χ4v) is 1.57. The zero-order chi connectivity index (χ0) is 9.14. The van der Waals surface area contributed by atoms with Crippen molar-refractivity contribution in [3.05, 3.63) is 0 Å². The summed E-state index contributed by atoms with van der Waals surface area (Å²) in [7, 11) is 0. The lowest BCUT2D eigenvalue weighted by Gasteiger charge is -2.11. The van der Waals surface area contributed by atoms with Gasteiger partial charge < -0.3 is 5.32 Å². The van der Waals surface area contributed by atoms with E-state index in [1.54, 1.807) is 0 Å². The number of rotatable bonds is 3. The van der Waals surface area contributed by atoms with Crippen LogP contribution < -0.4 is 5.32 Å². The monoisotopic (exact) mass is 208 g/mol. The summed E-state index contributed by atoms with van der Waals surface area (Å²) in [6, 6.07) is -0.382. The molecule has 1 unspecified atom stereocenters. The van der Waals surface area contributed by atoms with Crippen LogP contribution in [0, 0.1) is 0 Å². The van der Waals surface area contributed by atoms with Gasteiger partial charge in [-0.3, -0.25) is 9.69 Å². The van der Waals surface area contributed by atoms with E-state index in [1.165, 1.54) is 4.90 Å². The van der Waals surface area contributed by atoms with Crippen molar-refractivity contribution in [1.82, 2.24) is 10.2 Å². The molecule has 1 heterocycles. The van der Waals surface area contributed by atoms with Crippen molar-refractivity contribution in [2.75, 3.05) is 19.0 Å². The summed E-state index contributed by atoms with van der Waals surface area (Å²) in [5, 5.41) is 3.06. The Bertz CT molecular complexity index is 212. The molecule has 6 heteroatoms. The number of hydrogen-bond acceptors (Lipinski definition) is 3. The second-order valence-corrected chi connectivity index (χ2v) is 3.12. The van der Waals surface area contributed by atoms with Crippen molar-refractivity contribution >= 4 is 35.9 Å². The minimum Gasteiger partial charge on any atom is -0.350 e. The highest BCUT2D eigenvalue weighted by atomic mass is 32.1. The van der Waals surface area contributed by atoms with Gasteiger partial charge in [0, 0.05) is 5.75 Å². The van der Waals surface area contributed by atoms with E-state index in [9.17, 15) is 9.18 Å². The molecule has 0 spiro atoms. The number of alkyl halides is 1. The molecule has 0 aromatic heterocycles. The van der Waals surface area contributed by atoms with Crippen LogP contribution in [0.25, 0.3) is 0 Å². The van der Waals surface area contributed by atoms with E-state index < -0.39 is 6.67 Å². The van der Waals surface area contributed by atoms with Crippen LogP contribution in [0.1, 0.15) is 0 Å². The molecule has 1 fully saturated rings. The summed E-state index contributed by atoms with van der Waals surface area (Å²) >= 11 is 8.78. The molecule has 1 saturated heterocycles. The van der Waals surface area contributed by atoms with E-state index in [2.05, 4.69) is 17.9 Å². The van der Waals surface area contributed by atoms with E-state index >= 15 is 0 Å². The van der Waals surface area contributed by atoms with Crippen LogP contribution in [0.4, 0.5) is 4.39 Å². The number of hydrogen-bond donors (Lipinski definition) is 2. The molecular formula is C6H9FN2OS2. The average molecular weight is 208 g/mol. The number of nitrogens with one attached hydrogen (secondary N) is 1. The highest BCUT2D eigenvalue weighted by molar-refractivity contribution is 7.80. The Hall–Kier alpha value is -0.360. The SMILES string of the molecule is O=C1C(CS)NC(=S)N1CCF. The molecule has 3 nitrogen and oxygen atoms in total. The van der Waals surface area contributed by atoms with Gasteiger partial charge in [0.05, 0.1) is 6.54 Å². The Kier molecular flexibility index (Phi) is 3.28. The van der Waals surface area contributed by atoms with E-state index in [0.29, 0.717) is 10.9 Å². The maximum absolute atomic E-state index is 11.9. The second-order valence-electron chi connectivity index (χ2n) is 2.36. The molecule has 0 saturated carbocycles. The standard InChI is InChI=1S/C6H9FN2OS2/c7-1-2-9-5(10)4(3-11)8-6(9)12/h4,11H,1-3H2,(H,8,12). The number of carbonyl (C=O) groups is 1. The quantitative estimate of drug-likeness (QED) is 0.505. The molecule has 1 aliphatic rings. The zero-order valence-electron chi connectivity index (χ0n) is 6.29. The van der Waals surface area contributed by atoms with Gasteiger partial charge in [-0.1, -0.05) is 0 Å². The lowest BCUT2D eigenvalue weighted by atomic mass is 10.3. The van der Waals surface area contributed by atoms with Crippen molar-refractivity contribution in [2.24, 2.45) is 0 Å². The molecule has 0 aromatic rings. The second kappa shape index (κ2) is 4.04. The molecule has 1 N–H and O–H groups in total. The van der Waals surface area contributed by atoms with Gasteiger partial charge in [0.15, 0.2) is 5.11 Å². The average Bonchev–Trinajstić information content (AvgIpc) is 2.32. The maximum Gasteiger partial charge on any atom is 0.252 e. The van der Waals surface area contributed by atoms with Crippen molar-refractivity contribution in [2.45, 2.75) is 6.04 Å². The third kappa shape index (κ3) is 1.69. The molecule has 1 atom stereocenters. The number of amides is 1. The summed E-state index contributed by atoms with van der Waals surface area (Å²) in [6.45, 7) is -0.540. The van der Waals surface area contributed by atoms with Crippen LogP contribution in [0.3, 0.4) is 0 Å². The number of carbonyl (C=O) groups excluding carboxylic acids is 1. The summed E-state index contributed by atoms with van der Waals surface area (Å²) in [5.74, 6) is 0.189. The molecule has 0 radical (unpaired) electrons. The molecule has 12 heavy (non-hydrogen) atoms. The number of nitrogens with zero attached hydrogens (tertiary/aromatic N) is 1. The Morgan fingerprint density at radius 2 is 2.42 bits per heavy atom. The predicted molar refractivity (Wildman–Crippen MR) is 51.1 cm³/mol. The Balaban J connectivity index is 2.64. The highest BCUT2D eigenvalue weighted by Crippen LogP contribution is 2.07. The largest absolute Gasteiger partial charge is 0.350 e. The van der Waals surface area contributed by atoms with Crippen LogP contribution in [-0.2, 0) is 4.79 Å². The molecule has 0 aromatic carbocycles. The van der Waals surface area contributed by atoms with Gasteiger partial charge in [-0.15, -0.1) is 0 Å². The third-order valence-corrected chi connectivity index (χ3v) is 2.30. The van der Waals surface area contributed by atoms with Gasteiger partial charge in [-0.2, -0.15) is 12.6 Å². The van der Waals surface area contributed by atoms with E-state index in [1.807, 2.05) is 0 Å². The Labute approximate surface area is 80.7 Å². The van der Waals surface area contributed by atoms with Gasteiger partial charge >= 0.3 is 0 Å². The van der Waals surface area contributed by atoms with Gasteiger partial charge in [0.2, 0.25) is 0 Å². The lowest BCUT2D eigenvalue weighted by Crippen LogP contribution is -2.33. The number of thiol groups is 1. The Morgan fingerprint density at radius 3 is 2.83 bits per heavy atom. The highest BCUT2D eigenvalue weighted by Gasteiger charge is 2.33. The molecule has 0 bridgehead atoms. The van der Waals surface area contributed by atoms with Crippen molar-refractivity contribution < 1.29 is 9.18 Å². The minimum absolute atomic E-state index is 0.0367. The van der Waals surface area contributed by atoms with Crippen LogP contribution in [0.5, 0.6) is 0 Å². The predicted octanol–water partition coefficient (Wildman–Crippen LogP) is -0.0290. The zero-order valence-corrected chi connectivity index (χ0v) is 8.00. The molecule has 68 valence electrons. The number of halogens is 1. The van der Waals surface area contributed by atoms with Crippen LogP contribution in [-0.4, -0.2) is 40.9 Å². The van der Waals surface area contributed by atoms with Crippen molar-refractivity contribution in [1.29, 1.82) is 0 Å². The van der Waals surface area contributed by atoms with Gasteiger partial charge in [-0.25, -0.2) is 4.39 Å². The van der Waals surface area contributed by atoms with Crippen molar-refractivity contribution in [3.63, 3.8) is 0 Å². The summed E-state index contributed by atoms with van der Waals surface area (Å²) in [6.07, 6.45) is 0. The van der Waals surface area contributed by atoms with E-state index in [-0.39, 0.29) is 18.5 Å². The van der Waals surface area contributed by atoms with Crippen LogP contribution in [0.2, 0.25) is 0 Å². The molecule has 1 aliphatic heterocycles. The smallest absolute Gasteiger partial charge is 0.252 e. The van der Waals surface area contributed by atoms with Crippen molar-refractivity contribution in [3.8, 4) is 0 Å². The molecular weight excluding hydrogens is 199 g/mol. The van der Waals surface area contributed by atoms with E-state index in [4.69, 9.17) is 12.2 Å². The topological polar surface area (TPSA) is 32.3 Å². The maximum atomic E-state index is 11.9. The van der Waals surface area contributed by atoms with Crippen LogP contribution in [0.15, 0.2) is 0 Å². The Morgan fingerprint density at radius 1 is 1.75 bits per heavy atom. The lowest BCUT2D eigenvalue weighted by molar-refractivity contribution is -0.126. The van der Waals surface area contributed by atoms with Gasteiger partial charge in [0.1, 0.15) is 12.7 Å². The third-order valence-electron chi connectivity index (χ3n) is 1.60. The fourth-order valence-electron chi connectivity index (χ4n) is 0.997. The number of thiocarbonyl (C=S) groups is 1. The summed E-state index contributed by atoms with van der Waals surface area (Å²) in [4.78, 5) is 12.5. The summed E-state index contributed by atoms with van der Waals surface area (Å²) < 4.78 is 11.9. The molecule has 1 amide bonds. The minimum atomic E-state index is -0.577. The van der Waals surface area contributed by atoms with Gasteiger partial charge in [0.25, 0.3) is 5.91 Å². The molecule has 0 aliphatic carbocycles. The summed E-state index contributed by atoms with van der Waals surface area (Å²) in [5.41, 5.74) is 0. The first-order valence-corrected chi connectivity index (χ1v) is 4.53. The first-order chi connectivity index (χ1) is 5.70. The van der Waals surface area contributed by atoms with E-state index in [0.717, 1.165) is 0 Å². The van der Waals surface area contributed by atoms with Gasteiger partial charge in [-0.05, 0) is 12.2 Å². The fraction of sp³-hybridized carbons (Fsp3) is 0.667. The molecule has 1 rings (SSSR count). The normalized spacial score (nSPS) is 23.2. The van der Waals surface area contributed by atoms with Crippen LogP contribution >= 0.6 is 24.8 Å². The first-order valence-electron chi connectivity index (χ1n) is 3.49.